The van der Waals surface area contributed by atoms with Crippen LogP contribution in [0.3, 0.4) is 0 Å². The molecular formula is C24H24FN5O3. The largest absolute Gasteiger partial charge is 0.497 e. The van der Waals surface area contributed by atoms with Crippen molar-refractivity contribution in [1.29, 1.82) is 0 Å². The second kappa shape index (κ2) is 7.91. The minimum Gasteiger partial charge on any atom is -0.497 e. The number of guanidine groups is 1. The normalized spacial score (nSPS) is 21.8. The first-order chi connectivity index (χ1) is 15.9. The molecule has 1 fully saturated rings. The van der Waals surface area contributed by atoms with Crippen molar-refractivity contribution in [2.75, 3.05) is 14.2 Å². The number of allylic oxidation sites excluding steroid dienone is 1. The van der Waals surface area contributed by atoms with Crippen molar-refractivity contribution < 1.29 is 18.7 Å². The molecule has 3 aliphatic heterocycles. The van der Waals surface area contributed by atoms with E-state index in [1.54, 1.807) is 26.3 Å². The van der Waals surface area contributed by atoms with Crippen molar-refractivity contribution >= 4 is 17.9 Å². The number of methoxy groups -OCH3 is 1. The topological polar surface area (TPSA) is 68.7 Å². The Kier molecular flexibility index (Phi) is 5.03. The molecule has 8 nitrogen and oxygen atoms in total. The van der Waals surface area contributed by atoms with Gasteiger partial charge >= 0.3 is 6.03 Å². The average molecular weight is 449 g/mol. The van der Waals surface area contributed by atoms with Crippen LogP contribution in [0.15, 0.2) is 65.4 Å². The third-order valence-electron chi connectivity index (χ3n) is 6.26. The highest BCUT2D eigenvalue weighted by Crippen LogP contribution is 2.35. The zero-order valence-corrected chi connectivity index (χ0v) is 18.6. The molecule has 2 aromatic rings. The predicted molar refractivity (Wildman–Crippen MR) is 119 cm³/mol. The van der Waals surface area contributed by atoms with E-state index >= 15 is 0 Å². The minimum absolute atomic E-state index is 0.0763. The SMILES string of the molecule is COc1ccc(CN2C(C)=CN3C2=NC2C3C(=O)N(Cc3ccc(F)cc3)C(=O)N2C)cc1. The standard InChI is InChI=1S/C24H24FN5O3/c1-15-12-29-20-21(26-23(29)28(15)13-17-6-10-19(33-3)11-7-17)27(2)24(32)30(22(20)31)14-16-4-8-18(25)9-5-16/h4-12,20-21H,13-14H2,1-3H3. The number of carbonyl (C=O) groups is 2. The number of aliphatic imine (C=N–C) groups is 1. The second-order valence-corrected chi connectivity index (χ2v) is 8.34. The van der Waals surface area contributed by atoms with Crippen LogP contribution in [0.4, 0.5) is 9.18 Å². The summed E-state index contributed by atoms with van der Waals surface area (Å²) in [4.78, 5) is 37.8. The molecule has 9 heteroatoms. The molecule has 3 amide bonds. The van der Waals surface area contributed by atoms with Crippen LogP contribution in [0.2, 0.25) is 0 Å². The molecule has 0 spiro atoms. The third-order valence-corrected chi connectivity index (χ3v) is 6.26. The molecule has 0 bridgehead atoms. The number of urea groups is 1. The van der Waals surface area contributed by atoms with Crippen molar-refractivity contribution in [3.63, 3.8) is 0 Å². The Hall–Kier alpha value is -3.88. The van der Waals surface area contributed by atoms with Gasteiger partial charge in [-0.05, 0) is 42.3 Å². The summed E-state index contributed by atoms with van der Waals surface area (Å²) in [6.45, 7) is 2.62. The van der Waals surface area contributed by atoms with E-state index in [9.17, 15) is 14.0 Å². The van der Waals surface area contributed by atoms with Crippen LogP contribution in [-0.2, 0) is 17.9 Å². The monoisotopic (exact) mass is 449 g/mol. The second-order valence-electron chi connectivity index (χ2n) is 8.34. The van der Waals surface area contributed by atoms with E-state index in [0.717, 1.165) is 17.0 Å². The van der Waals surface area contributed by atoms with Gasteiger partial charge in [0.1, 0.15) is 11.6 Å². The molecule has 0 saturated carbocycles. The molecule has 1 saturated heterocycles. The first-order valence-corrected chi connectivity index (χ1v) is 10.6. The lowest BCUT2D eigenvalue weighted by Crippen LogP contribution is -2.63. The smallest absolute Gasteiger partial charge is 0.328 e. The summed E-state index contributed by atoms with van der Waals surface area (Å²) in [6.07, 6.45) is 1.30. The number of rotatable bonds is 5. The highest BCUT2D eigenvalue weighted by atomic mass is 19.1. The molecule has 3 heterocycles. The van der Waals surface area contributed by atoms with Crippen LogP contribution >= 0.6 is 0 Å². The van der Waals surface area contributed by atoms with Gasteiger partial charge in [-0.2, -0.15) is 0 Å². The first-order valence-electron chi connectivity index (χ1n) is 10.6. The fourth-order valence-corrected chi connectivity index (χ4v) is 4.43. The molecule has 5 rings (SSSR count). The van der Waals surface area contributed by atoms with Crippen LogP contribution in [-0.4, -0.2) is 63.9 Å². The van der Waals surface area contributed by atoms with Gasteiger partial charge in [-0.1, -0.05) is 24.3 Å². The van der Waals surface area contributed by atoms with E-state index in [0.29, 0.717) is 18.1 Å². The van der Waals surface area contributed by atoms with Crippen molar-refractivity contribution in [2.45, 2.75) is 32.2 Å². The van der Waals surface area contributed by atoms with Crippen molar-refractivity contribution in [1.82, 2.24) is 19.6 Å². The van der Waals surface area contributed by atoms with E-state index in [-0.39, 0.29) is 18.3 Å². The number of likely N-dealkylation sites (N-methyl/N-ethyl adjacent to an activating group) is 1. The lowest BCUT2D eigenvalue weighted by molar-refractivity contribution is -0.137. The highest BCUT2D eigenvalue weighted by molar-refractivity contribution is 6.04. The quantitative estimate of drug-likeness (QED) is 0.702. The summed E-state index contributed by atoms with van der Waals surface area (Å²) >= 11 is 0. The Morgan fingerprint density at radius 2 is 1.58 bits per heavy atom. The summed E-state index contributed by atoms with van der Waals surface area (Å²) in [7, 11) is 3.28. The van der Waals surface area contributed by atoms with E-state index in [2.05, 4.69) is 0 Å². The maximum Gasteiger partial charge on any atom is 0.328 e. The molecule has 2 aromatic carbocycles. The maximum absolute atomic E-state index is 13.4. The molecular weight excluding hydrogens is 425 g/mol. The number of hydrogen-bond acceptors (Lipinski definition) is 6. The van der Waals surface area contributed by atoms with Crippen LogP contribution in [0.25, 0.3) is 0 Å². The molecule has 0 radical (unpaired) electrons. The molecule has 0 N–H and O–H groups in total. The van der Waals surface area contributed by atoms with Gasteiger partial charge in [0.05, 0.1) is 20.2 Å². The minimum atomic E-state index is -0.640. The van der Waals surface area contributed by atoms with Gasteiger partial charge in [-0.15, -0.1) is 0 Å². The summed E-state index contributed by atoms with van der Waals surface area (Å²) in [5.74, 6) is 0.748. The number of amides is 3. The molecule has 3 aliphatic rings. The van der Waals surface area contributed by atoms with Crippen molar-refractivity contribution in [3.05, 3.63) is 77.4 Å². The van der Waals surface area contributed by atoms with Gasteiger partial charge in [-0.3, -0.25) is 9.69 Å². The number of ether oxygens (including phenoxy) is 1. The summed E-state index contributed by atoms with van der Waals surface area (Å²) in [5.41, 5.74) is 2.70. The fraction of sp³-hybridized carbons (Fsp3) is 0.292. The van der Waals surface area contributed by atoms with Gasteiger partial charge in [0.2, 0.25) is 5.96 Å². The van der Waals surface area contributed by atoms with Crippen LogP contribution < -0.4 is 4.74 Å². The summed E-state index contributed by atoms with van der Waals surface area (Å²) in [6, 6.07) is 12.5. The lowest BCUT2D eigenvalue weighted by atomic mass is 10.1. The first kappa shape index (κ1) is 21.0. The molecule has 0 aliphatic carbocycles. The molecule has 33 heavy (non-hydrogen) atoms. The van der Waals surface area contributed by atoms with Gasteiger partial charge in [0.15, 0.2) is 12.2 Å². The Bertz CT molecular complexity index is 1160. The predicted octanol–water partition coefficient (Wildman–Crippen LogP) is 2.97. The lowest BCUT2D eigenvalue weighted by Gasteiger charge is -2.40. The summed E-state index contributed by atoms with van der Waals surface area (Å²) in [5, 5.41) is 0. The Morgan fingerprint density at radius 1 is 0.970 bits per heavy atom. The van der Waals surface area contributed by atoms with Crippen molar-refractivity contribution in [2.24, 2.45) is 4.99 Å². The van der Waals surface area contributed by atoms with Crippen LogP contribution in [0, 0.1) is 5.82 Å². The van der Waals surface area contributed by atoms with Crippen LogP contribution in [0.1, 0.15) is 18.1 Å². The molecule has 170 valence electrons. The number of hydrogen-bond donors (Lipinski definition) is 0. The van der Waals surface area contributed by atoms with Crippen LogP contribution in [0.5, 0.6) is 5.75 Å². The molecule has 2 atom stereocenters. The zero-order valence-electron chi connectivity index (χ0n) is 18.6. The van der Waals surface area contributed by atoms with Gasteiger partial charge < -0.3 is 19.4 Å². The number of halogens is 1. The van der Waals surface area contributed by atoms with Gasteiger partial charge in [-0.25, -0.2) is 14.2 Å². The third kappa shape index (κ3) is 3.49. The van der Waals surface area contributed by atoms with Gasteiger partial charge in [0.25, 0.3) is 5.91 Å². The molecule has 0 aromatic heterocycles. The molecule has 2 unspecified atom stereocenters. The number of benzene rings is 2. The van der Waals surface area contributed by atoms with Gasteiger partial charge in [0, 0.05) is 18.9 Å². The van der Waals surface area contributed by atoms with E-state index in [1.807, 2.05) is 47.2 Å². The Morgan fingerprint density at radius 3 is 2.21 bits per heavy atom. The Labute approximate surface area is 191 Å². The zero-order chi connectivity index (χ0) is 23.3. The summed E-state index contributed by atoms with van der Waals surface area (Å²) < 4.78 is 18.5. The Balaban J connectivity index is 1.39. The highest BCUT2D eigenvalue weighted by Gasteiger charge is 2.54. The van der Waals surface area contributed by atoms with Crippen molar-refractivity contribution in [3.8, 4) is 5.75 Å². The van der Waals surface area contributed by atoms with E-state index < -0.39 is 18.2 Å². The number of carbonyl (C=O) groups excluding carboxylic acids is 2. The number of nitrogens with zero attached hydrogens (tertiary/aromatic N) is 5. The number of fused-ring (bicyclic) bond motifs is 3. The fourth-order valence-electron chi connectivity index (χ4n) is 4.43. The maximum atomic E-state index is 13.4. The van der Waals surface area contributed by atoms with E-state index in [4.69, 9.17) is 9.73 Å². The number of imide groups is 1. The average Bonchev–Trinajstić information content (AvgIpc) is 3.33. The van der Waals surface area contributed by atoms with E-state index in [1.165, 1.54) is 21.9 Å².